The number of halogens is 2. The molecule has 3 rings (SSSR count). The van der Waals surface area contributed by atoms with Gasteiger partial charge in [-0.2, -0.15) is 8.78 Å². The third kappa shape index (κ3) is 4.52. The third-order valence-electron chi connectivity index (χ3n) is 4.21. The van der Waals surface area contributed by atoms with Gasteiger partial charge in [-0.15, -0.1) is 0 Å². The van der Waals surface area contributed by atoms with Crippen LogP contribution in [0.25, 0.3) is 0 Å². The van der Waals surface area contributed by atoms with Crippen LogP contribution in [0, 0.1) is 5.92 Å². The number of hydrogen-bond acceptors (Lipinski definition) is 4. The third-order valence-corrected chi connectivity index (χ3v) is 4.21. The summed E-state index contributed by atoms with van der Waals surface area (Å²) >= 11 is 0. The van der Waals surface area contributed by atoms with E-state index in [1.54, 1.807) is 42.3 Å². The lowest BCUT2D eigenvalue weighted by Crippen LogP contribution is -2.28. The van der Waals surface area contributed by atoms with E-state index in [9.17, 15) is 18.4 Å². The SMILES string of the molecule is COc1ccc(N2CC(C(=O)Nc3cccc(OC(F)F)c3)CC2=O)cc1. The molecule has 6 nitrogen and oxygen atoms in total. The molecule has 0 aromatic heterocycles. The Morgan fingerprint density at radius 3 is 2.59 bits per heavy atom. The maximum Gasteiger partial charge on any atom is 0.387 e. The first-order chi connectivity index (χ1) is 13.0. The molecule has 1 unspecified atom stereocenters. The summed E-state index contributed by atoms with van der Waals surface area (Å²) in [5, 5.41) is 2.65. The van der Waals surface area contributed by atoms with E-state index >= 15 is 0 Å². The van der Waals surface area contributed by atoms with Crippen molar-refractivity contribution >= 4 is 23.2 Å². The smallest absolute Gasteiger partial charge is 0.387 e. The molecule has 2 aromatic rings. The van der Waals surface area contributed by atoms with E-state index in [2.05, 4.69) is 10.1 Å². The Balaban J connectivity index is 1.65. The number of methoxy groups -OCH3 is 1. The van der Waals surface area contributed by atoms with Crippen molar-refractivity contribution in [3.05, 3.63) is 48.5 Å². The van der Waals surface area contributed by atoms with Crippen LogP contribution in [0.3, 0.4) is 0 Å². The molecule has 27 heavy (non-hydrogen) atoms. The van der Waals surface area contributed by atoms with Gasteiger partial charge in [-0.1, -0.05) is 6.07 Å². The number of carbonyl (C=O) groups is 2. The maximum atomic E-state index is 12.5. The Kier molecular flexibility index (Phi) is 5.54. The molecule has 0 saturated carbocycles. The first kappa shape index (κ1) is 18.6. The molecular formula is C19H18F2N2O4. The first-order valence-electron chi connectivity index (χ1n) is 8.26. The molecule has 1 saturated heterocycles. The molecule has 1 fully saturated rings. The summed E-state index contributed by atoms with van der Waals surface area (Å²) in [6, 6.07) is 12.7. The Labute approximate surface area is 154 Å². The van der Waals surface area contributed by atoms with E-state index in [4.69, 9.17) is 4.74 Å². The number of amides is 2. The molecule has 0 radical (unpaired) electrons. The van der Waals surface area contributed by atoms with Crippen molar-refractivity contribution in [3.63, 3.8) is 0 Å². The van der Waals surface area contributed by atoms with Crippen LogP contribution >= 0.6 is 0 Å². The zero-order valence-electron chi connectivity index (χ0n) is 14.5. The average Bonchev–Trinajstić information content (AvgIpc) is 3.03. The van der Waals surface area contributed by atoms with Crippen molar-refractivity contribution in [2.24, 2.45) is 5.92 Å². The molecule has 1 aliphatic heterocycles. The molecule has 2 aromatic carbocycles. The van der Waals surface area contributed by atoms with Crippen LogP contribution in [0.4, 0.5) is 20.2 Å². The van der Waals surface area contributed by atoms with E-state index in [1.165, 1.54) is 18.2 Å². The Morgan fingerprint density at radius 2 is 1.93 bits per heavy atom. The van der Waals surface area contributed by atoms with Crippen LogP contribution in [0.5, 0.6) is 11.5 Å². The summed E-state index contributed by atoms with van der Waals surface area (Å²) in [6.07, 6.45) is 0.0745. The monoisotopic (exact) mass is 376 g/mol. The molecule has 0 spiro atoms. The van der Waals surface area contributed by atoms with Gasteiger partial charge < -0.3 is 19.7 Å². The standard InChI is InChI=1S/C19H18F2N2O4/c1-26-15-7-5-14(6-8-15)23-11-12(9-17(23)24)18(25)22-13-3-2-4-16(10-13)27-19(20)21/h2-8,10,12,19H,9,11H2,1H3,(H,22,25). The lowest BCUT2D eigenvalue weighted by Gasteiger charge is -2.17. The van der Waals surface area contributed by atoms with Crippen LogP contribution in [0.1, 0.15) is 6.42 Å². The minimum atomic E-state index is -2.94. The van der Waals surface area contributed by atoms with Crippen LogP contribution in [0.15, 0.2) is 48.5 Å². The number of anilines is 2. The van der Waals surface area contributed by atoms with Gasteiger partial charge in [0.05, 0.1) is 13.0 Å². The van der Waals surface area contributed by atoms with Crippen LogP contribution < -0.4 is 19.7 Å². The minimum absolute atomic E-state index is 0.0508. The van der Waals surface area contributed by atoms with Crippen molar-refractivity contribution in [1.82, 2.24) is 0 Å². The maximum absolute atomic E-state index is 12.5. The highest BCUT2D eigenvalue weighted by atomic mass is 19.3. The van der Waals surface area contributed by atoms with Crippen molar-refractivity contribution in [3.8, 4) is 11.5 Å². The van der Waals surface area contributed by atoms with Gasteiger partial charge in [-0.05, 0) is 36.4 Å². The lowest BCUT2D eigenvalue weighted by molar-refractivity contribution is -0.122. The largest absolute Gasteiger partial charge is 0.497 e. The topological polar surface area (TPSA) is 67.9 Å². The highest BCUT2D eigenvalue weighted by Gasteiger charge is 2.35. The summed E-state index contributed by atoms with van der Waals surface area (Å²) in [4.78, 5) is 26.3. The van der Waals surface area contributed by atoms with Crippen molar-refractivity contribution < 1.29 is 27.8 Å². The predicted molar refractivity (Wildman–Crippen MR) is 95.2 cm³/mol. The minimum Gasteiger partial charge on any atom is -0.497 e. The van der Waals surface area contributed by atoms with Gasteiger partial charge in [0, 0.05) is 30.4 Å². The van der Waals surface area contributed by atoms with Gasteiger partial charge >= 0.3 is 6.61 Å². The lowest BCUT2D eigenvalue weighted by atomic mass is 10.1. The molecule has 1 heterocycles. The van der Waals surface area contributed by atoms with E-state index in [-0.39, 0.29) is 30.5 Å². The molecule has 2 amide bonds. The van der Waals surface area contributed by atoms with Gasteiger partial charge in [-0.25, -0.2) is 0 Å². The van der Waals surface area contributed by atoms with E-state index in [0.29, 0.717) is 17.1 Å². The number of carbonyl (C=O) groups excluding carboxylic acids is 2. The summed E-state index contributed by atoms with van der Waals surface area (Å²) < 4.78 is 34.0. The van der Waals surface area contributed by atoms with Gasteiger partial charge in [0.2, 0.25) is 11.8 Å². The molecule has 1 aliphatic rings. The Hall–Kier alpha value is -3.16. The number of hydrogen-bond donors (Lipinski definition) is 1. The highest BCUT2D eigenvalue weighted by Crippen LogP contribution is 2.28. The number of benzene rings is 2. The second-order valence-corrected chi connectivity index (χ2v) is 6.00. The number of ether oxygens (including phenoxy) is 2. The van der Waals surface area contributed by atoms with Crippen molar-refractivity contribution in [2.45, 2.75) is 13.0 Å². The predicted octanol–water partition coefficient (Wildman–Crippen LogP) is 3.29. The second kappa shape index (κ2) is 8.03. The van der Waals surface area contributed by atoms with Gasteiger partial charge in [-0.3, -0.25) is 9.59 Å². The number of nitrogens with one attached hydrogen (secondary N) is 1. The Bertz CT molecular complexity index is 827. The molecule has 8 heteroatoms. The fourth-order valence-electron chi connectivity index (χ4n) is 2.89. The molecule has 1 N–H and O–H groups in total. The summed E-state index contributed by atoms with van der Waals surface area (Å²) in [6.45, 7) is -2.70. The van der Waals surface area contributed by atoms with Crippen LogP contribution in [0.2, 0.25) is 0 Å². The van der Waals surface area contributed by atoms with Gasteiger partial charge in [0.1, 0.15) is 11.5 Å². The summed E-state index contributed by atoms with van der Waals surface area (Å²) in [5.74, 6) is -0.432. The van der Waals surface area contributed by atoms with E-state index in [1.807, 2.05) is 0 Å². The average molecular weight is 376 g/mol. The highest BCUT2D eigenvalue weighted by molar-refractivity contribution is 6.03. The fourth-order valence-corrected chi connectivity index (χ4v) is 2.89. The molecule has 0 bridgehead atoms. The summed E-state index contributed by atoms with van der Waals surface area (Å²) in [7, 11) is 1.55. The normalized spacial score (nSPS) is 16.5. The Morgan fingerprint density at radius 1 is 1.19 bits per heavy atom. The number of nitrogens with zero attached hydrogens (tertiary/aromatic N) is 1. The van der Waals surface area contributed by atoms with Crippen molar-refractivity contribution in [2.75, 3.05) is 23.9 Å². The fraction of sp³-hybridized carbons (Fsp3) is 0.263. The van der Waals surface area contributed by atoms with Crippen LogP contribution in [-0.2, 0) is 9.59 Å². The zero-order valence-corrected chi connectivity index (χ0v) is 14.5. The molecule has 0 aliphatic carbocycles. The van der Waals surface area contributed by atoms with E-state index < -0.39 is 12.5 Å². The van der Waals surface area contributed by atoms with E-state index in [0.717, 1.165) is 0 Å². The quantitative estimate of drug-likeness (QED) is 0.840. The summed E-state index contributed by atoms with van der Waals surface area (Å²) in [5.41, 5.74) is 1.01. The zero-order chi connectivity index (χ0) is 19.4. The first-order valence-corrected chi connectivity index (χ1v) is 8.26. The van der Waals surface area contributed by atoms with Gasteiger partial charge in [0.25, 0.3) is 0 Å². The molecular weight excluding hydrogens is 358 g/mol. The van der Waals surface area contributed by atoms with Gasteiger partial charge in [0.15, 0.2) is 0 Å². The van der Waals surface area contributed by atoms with Crippen molar-refractivity contribution in [1.29, 1.82) is 0 Å². The second-order valence-electron chi connectivity index (χ2n) is 6.00. The molecule has 142 valence electrons. The number of alkyl halides is 2. The molecule has 1 atom stereocenters. The number of rotatable bonds is 6. The van der Waals surface area contributed by atoms with Crippen LogP contribution in [-0.4, -0.2) is 32.1 Å².